The van der Waals surface area contributed by atoms with Crippen molar-refractivity contribution in [2.45, 2.75) is 44.4 Å². The van der Waals surface area contributed by atoms with E-state index in [2.05, 4.69) is 5.32 Å². The van der Waals surface area contributed by atoms with Crippen LogP contribution in [0.5, 0.6) is 0 Å². The van der Waals surface area contributed by atoms with Crippen LogP contribution in [0, 0.1) is 13.8 Å². The Morgan fingerprint density at radius 2 is 1.58 bits per heavy atom. The van der Waals surface area contributed by atoms with E-state index in [4.69, 9.17) is 11.6 Å². The number of amides is 2. The zero-order valence-electron chi connectivity index (χ0n) is 21.6. The molecule has 0 unspecified atom stereocenters. The second-order valence-electron chi connectivity index (χ2n) is 9.56. The van der Waals surface area contributed by atoms with Gasteiger partial charge in [0.15, 0.2) is 0 Å². The molecule has 3 aromatic carbocycles. The number of nitrogens with one attached hydrogen (secondary N) is 1. The van der Waals surface area contributed by atoms with Crippen molar-refractivity contribution in [2.24, 2.45) is 0 Å². The van der Waals surface area contributed by atoms with Crippen molar-refractivity contribution in [1.29, 1.82) is 0 Å². The predicted octanol–water partition coefficient (Wildman–Crippen LogP) is 5.81. The third-order valence-corrected chi connectivity index (χ3v) is 8.86. The van der Waals surface area contributed by atoms with Crippen LogP contribution in [0.25, 0.3) is 0 Å². The van der Waals surface area contributed by atoms with Gasteiger partial charge in [0.25, 0.3) is 15.9 Å². The van der Waals surface area contributed by atoms with Crippen molar-refractivity contribution in [3.8, 4) is 0 Å². The SMILES string of the molecule is Cc1ccc(S(=O)(=O)N(CC(=O)Nc2ccccc2C(=O)N2CCCCCC2)c2ccc(C)c(Cl)c2)cc1. The van der Waals surface area contributed by atoms with E-state index in [1.54, 1.807) is 48.5 Å². The number of carbonyl (C=O) groups is 2. The third-order valence-electron chi connectivity index (χ3n) is 6.66. The molecular weight excluding hydrogens is 522 g/mol. The number of carbonyl (C=O) groups excluding carboxylic acids is 2. The average Bonchev–Trinajstić information content (AvgIpc) is 3.19. The Hall–Kier alpha value is -3.36. The van der Waals surface area contributed by atoms with Crippen LogP contribution in [-0.4, -0.2) is 44.8 Å². The summed E-state index contributed by atoms with van der Waals surface area (Å²) in [5.41, 5.74) is 2.70. The van der Waals surface area contributed by atoms with E-state index < -0.39 is 22.5 Å². The number of para-hydroxylation sites is 1. The lowest BCUT2D eigenvalue weighted by Gasteiger charge is -2.25. The molecule has 0 radical (unpaired) electrons. The maximum absolute atomic E-state index is 13.7. The van der Waals surface area contributed by atoms with E-state index in [1.165, 1.54) is 18.2 Å². The van der Waals surface area contributed by atoms with Crippen molar-refractivity contribution in [2.75, 3.05) is 29.3 Å². The van der Waals surface area contributed by atoms with Gasteiger partial charge in [0.05, 0.1) is 21.8 Å². The summed E-state index contributed by atoms with van der Waals surface area (Å²) >= 11 is 6.32. The van der Waals surface area contributed by atoms with Gasteiger partial charge >= 0.3 is 0 Å². The standard InChI is InChI=1S/C29H32ClN3O4S/c1-21-11-15-24(16-12-21)38(36,37)33(23-14-13-22(2)26(30)19-23)20-28(34)31-27-10-6-5-9-25(27)29(35)32-17-7-3-4-8-18-32/h5-6,9-16,19H,3-4,7-8,17-18,20H2,1-2H3,(H,31,34). The van der Waals surface area contributed by atoms with Crippen molar-refractivity contribution in [1.82, 2.24) is 4.90 Å². The molecule has 0 aromatic heterocycles. The van der Waals surface area contributed by atoms with Gasteiger partial charge in [0.1, 0.15) is 6.54 Å². The van der Waals surface area contributed by atoms with Gasteiger partial charge in [-0.05, 0) is 68.7 Å². The number of halogens is 1. The molecule has 0 aliphatic carbocycles. The average molecular weight is 554 g/mol. The lowest BCUT2D eigenvalue weighted by atomic mass is 10.1. The molecule has 1 aliphatic rings. The fourth-order valence-electron chi connectivity index (χ4n) is 4.43. The lowest BCUT2D eigenvalue weighted by Crippen LogP contribution is -2.38. The molecule has 0 saturated carbocycles. The Morgan fingerprint density at radius 3 is 2.24 bits per heavy atom. The van der Waals surface area contributed by atoms with Crippen LogP contribution in [0.15, 0.2) is 71.6 Å². The van der Waals surface area contributed by atoms with Crippen LogP contribution >= 0.6 is 11.6 Å². The third kappa shape index (κ3) is 6.37. The van der Waals surface area contributed by atoms with Gasteiger partial charge in [-0.25, -0.2) is 8.42 Å². The van der Waals surface area contributed by atoms with Crippen LogP contribution in [-0.2, 0) is 14.8 Å². The maximum atomic E-state index is 13.7. The zero-order chi connectivity index (χ0) is 27.3. The topological polar surface area (TPSA) is 86.8 Å². The molecule has 1 fully saturated rings. The molecule has 0 bridgehead atoms. The van der Waals surface area contributed by atoms with Crippen LogP contribution in [0.4, 0.5) is 11.4 Å². The molecule has 0 atom stereocenters. The summed E-state index contributed by atoms with van der Waals surface area (Å²) < 4.78 is 28.4. The second kappa shape index (κ2) is 12.0. The summed E-state index contributed by atoms with van der Waals surface area (Å²) in [4.78, 5) is 28.5. The molecule has 1 heterocycles. The summed E-state index contributed by atoms with van der Waals surface area (Å²) in [6.07, 6.45) is 4.09. The number of benzene rings is 3. The quantitative estimate of drug-likeness (QED) is 0.400. The highest BCUT2D eigenvalue weighted by atomic mass is 35.5. The number of hydrogen-bond acceptors (Lipinski definition) is 4. The molecule has 1 saturated heterocycles. The van der Waals surface area contributed by atoms with Crippen LogP contribution in [0.1, 0.15) is 47.2 Å². The number of nitrogens with zero attached hydrogens (tertiary/aromatic N) is 2. The van der Waals surface area contributed by atoms with E-state index in [0.29, 0.717) is 29.4 Å². The first kappa shape index (κ1) is 27.7. The fraction of sp³-hybridized carbons (Fsp3) is 0.310. The number of likely N-dealkylation sites (tertiary alicyclic amines) is 1. The molecule has 200 valence electrons. The molecule has 4 rings (SSSR count). The van der Waals surface area contributed by atoms with Crippen LogP contribution in [0.3, 0.4) is 0 Å². The fourth-order valence-corrected chi connectivity index (χ4v) is 6.02. The molecule has 1 N–H and O–H groups in total. The largest absolute Gasteiger partial charge is 0.339 e. The molecule has 3 aromatic rings. The Balaban J connectivity index is 1.63. The van der Waals surface area contributed by atoms with E-state index in [-0.39, 0.29) is 16.5 Å². The molecule has 7 nitrogen and oxygen atoms in total. The van der Waals surface area contributed by atoms with Gasteiger partial charge < -0.3 is 10.2 Å². The number of sulfonamides is 1. The number of rotatable bonds is 7. The normalized spacial score (nSPS) is 14.0. The van der Waals surface area contributed by atoms with Crippen molar-refractivity contribution >= 4 is 44.8 Å². The van der Waals surface area contributed by atoms with Gasteiger partial charge in [0, 0.05) is 18.1 Å². The van der Waals surface area contributed by atoms with Crippen molar-refractivity contribution in [3.05, 3.63) is 88.4 Å². The number of hydrogen-bond donors (Lipinski definition) is 1. The molecule has 38 heavy (non-hydrogen) atoms. The Morgan fingerprint density at radius 1 is 0.921 bits per heavy atom. The highest BCUT2D eigenvalue weighted by Crippen LogP contribution is 2.29. The number of aryl methyl sites for hydroxylation is 2. The first-order valence-corrected chi connectivity index (χ1v) is 14.5. The molecular formula is C29H32ClN3O4S. The van der Waals surface area contributed by atoms with E-state index in [1.807, 2.05) is 18.7 Å². The maximum Gasteiger partial charge on any atom is 0.264 e. The van der Waals surface area contributed by atoms with Crippen molar-refractivity contribution < 1.29 is 18.0 Å². The molecule has 1 aliphatic heterocycles. The summed E-state index contributed by atoms with van der Waals surface area (Å²) in [5.74, 6) is -0.717. The summed E-state index contributed by atoms with van der Waals surface area (Å²) in [7, 11) is -4.10. The highest BCUT2D eigenvalue weighted by Gasteiger charge is 2.28. The smallest absolute Gasteiger partial charge is 0.264 e. The first-order valence-electron chi connectivity index (χ1n) is 12.7. The Kier molecular flexibility index (Phi) is 8.74. The van der Waals surface area contributed by atoms with Crippen molar-refractivity contribution in [3.63, 3.8) is 0 Å². The minimum atomic E-state index is -4.10. The minimum Gasteiger partial charge on any atom is -0.339 e. The first-order chi connectivity index (χ1) is 18.2. The molecule has 2 amide bonds. The monoisotopic (exact) mass is 553 g/mol. The summed E-state index contributed by atoms with van der Waals surface area (Å²) in [5, 5.41) is 3.17. The van der Waals surface area contributed by atoms with Gasteiger partial charge in [-0.1, -0.05) is 60.3 Å². The van der Waals surface area contributed by atoms with Gasteiger partial charge in [0.2, 0.25) is 5.91 Å². The summed E-state index contributed by atoms with van der Waals surface area (Å²) in [6, 6.07) is 18.1. The Labute approximate surface area is 229 Å². The van der Waals surface area contributed by atoms with Gasteiger partial charge in [-0.2, -0.15) is 0 Å². The zero-order valence-corrected chi connectivity index (χ0v) is 23.2. The minimum absolute atomic E-state index is 0.0596. The molecule has 0 spiro atoms. The van der Waals surface area contributed by atoms with E-state index in [0.717, 1.165) is 41.1 Å². The number of anilines is 2. The lowest BCUT2D eigenvalue weighted by molar-refractivity contribution is -0.114. The van der Waals surface area contributed by atoms with Gasteiger partial charge in [-0.3, -0.25) is 13.9 Å². The second-order valence-corrected chi connectivity index (χ2v) is 11.8. The summed E-state index contributed by atoms with van der Waals surface area (Å²) in [6.45, 7) is 4.54. The van der Waals surface area contributed by atoms with E-state index in [9.17, 15) is 18.0 Å². The van der Waals surface area contributed by atoms with E-state index >= 15 is 0 Å². The Bertz CT molecular complexity index is 1420. The van der Waals surface area contributed by atoms with Crippen LogP contribution in [0.2, 0.25) is 5.02 Å². The highest BCUT2D eigenvalue weighted by molar-refractivity contribution is 7.92. The van der Waals surface area contributed by atoms with Gasteiger partial charge in [-0.15, -0.1) is 0 Å². The molecule has 9 heteroatoms. The predicted molar refractivity (Wildman–Crippen MR) is 151 cm³/mol. The van der Waals surface area contributed by atoms with Crippen LogP contribution < -0.4 is 9.62 Å².